The Morgan fingerprint density at radius 1 is 0.913 bits per heavy atom. The summed E-state index contributed by atoms with van der Waals surface area (Å²) in [6, 6.07) is 15.9. The summed E-state index contributed by atoms with van der Waals surface area (Å²) < 4.78 is 0. The Morgan fingerprint density at radius 3 is 2.13 bits per heavy atom. The van der Waals surface area contributed by atoms with Crippen LogP contribution in [0.2, 0.25) is 0 Å². The van der Waals surface area contributed by atoms with E-state index >= 15 is 0 Å². The predicted molar refractivity (Wildman–Crippen MR) is 89.7 cm³/mol. The third kappa shape index (κ3) is 3.96. The Labute approximate surface area is 135 Å². The molecule has 0 unspecified atom stereocenters. The van der Waals surface area contributed by atoms with Gasteiger partial charge in [-0.05, 0) is 30.3 Å². The third-order valence-corrected chi connectivity index (χ3v) is 3.59. The van der Waals surface area contributed by atoms with Crippen molar-refractivity contribution in [3.63, 3.8) is 0 Å². The van der Waals surface area contributed by atoms with Gasteiger partial charge in [0, 0.05) is 37.5 Å². The number of anilines is 1. The Hall–Kier alpha value is -2.66. The summed E-state index contributed by atoms with van der Waals surface area (Å²) in [5.41, 5.74) is 1.65. The number of carbonyl (C=O) groups is 2. The molecular weight excluding hydrogens is 292 g/mol. The fourth-order valence-corrected chi connectivity index (χ4v) is 2.22. The van der Waals surface area contributed by atoms with E-state index in [1.54, 1.807) is 43.3 Å². The van der Waals surface area contributed by atoms with Crippen molar-refractivity contribution in [2.24, 2.45) is 0 Å². The highest BCUT2D eigenvalue weighted by atomic mass is 16.3. The highest BCUT2D eigenvalue weighted by Gasteiger charge is 2.16. The topological polar surface area (TPSA) is 60.9 Å². The Balaban J connectivity index is 2.22. The number of hydrogen-bond donors (Lipinski definition) is 1. The maximum absolute atomic E-state index is 12.6. The summed E-state index contributed by atoms with van der Waals surface area (Å²) in [5.74, 6) is -0.410. The average molecular weight is 312 g/mol. The molecule has 2 amide bonds. The zero-order valence-corrected chi connectivity index (χ0v) is 13.3. The summed E-state index contributed by atoms with van der Waals surface area (Å²) in [6.07, 6.45) is 0. The van der Waals surface area contributed by atoms with Crippen LogP contribution in [0, 0.1) is 0 Å². The van der Waals surface area contributed by atoms with Crippen LogP contribution in [0.5, 0.6) is 0 Å². The average Bonchev–Trinajstić information content (AvgIpc) is 2.60. The minimum Gasteiger partial charge on any atom is -0.395 e. The number of aliphatic hydroxyl groups excluding tert-OH is 1. The van der Waals surface area contributed by atoms with Gasteiger partial charge in [-0.1, -0.05) is 24.3 Å². The van der Waals surface area contributed by atoms with E-state index in [4.69, 9.17) is 5.11 Å². The van der Waals surface area contributed by atoms with Gasteiger partial charge in [-0.2, -0.15) is 0 Å². The molecule has 0 saturated carbocycles. The number of rotatable bonds is 5. The second kappa shape index (κ2) is 7.56. The molecule has 0 aliphatic heterocycles. The van der Waals surface area contributed by atoms with E-state index < -0.39 is 0 Å². The quantitative estimate of drug-likeness (QED) is 0.919. The number of benzene rings is 2. The molecule has 0 spiro atoms. The monoisotopic (exact) mass is 312 g/mol. The first-order valence-electron chi connectivity index (χ1n) is 7.34. The van der Waals surface area contributed by atoms with Gasteiger partial charge in [-0.25, -0.2) is 0 Å². The van der Waals surface area contributed by atoms with Crippen molar-refractivity contribution in [3.8, 4) is 0 Å². The van der Waals surface area contributed by atoms with Gasteiger partial charge in [0.1, 0.15) is 0 Å². The zero-order chi connectivity index (χ0) is 16.8. The standard InChI is InChI=1S/C18H20N2O3/c1-19(11-12-21)17(22)14-7-6-8-15(13-14)18(23)20(2)16-9-4-3-5-10-16/h3-10,13,21H,11-12H2,1-2H3. The first kappa shape index (κ1) is 16.7. The van der Waals surface area contributed by atoms with Crippen LogP contribution in [-0.4, -0.2) is 49.1 Å². The lowest BCUT2D eigenvalue weighted by atomic mass is 10.1. The number of amides is 2. The number of carbonyl (C=O) groups excluding carboxylic acids is 2. The predicted octanol–water partition coefficient (Wildman–Crippen LogP) is 2.03. The first-order valence-corrected chi connectivity index (χ1v) is 7.34. The van der Waals surface area contributed by atoms with Gasteiger partial charge >= 0.3 is 0 Å². The number of para-hydroxylation sites is 1. The molecule has 23 heavy (non-hydrogen) atoms. The minimum absolute atomic E-state index is 0.0996. The first-order chi connectivity index (χ1) is 11.0. The molecular formula is C18H20N2O3. The van der Waals surface area contributed by atoms with Crippen LogP contribution in [0.25, 0.3) is 0 Å². The van der Waals surface area contributed by atoms with Crippen LogP contribution < -0.4 is 4.90 Å². The molecule has 0 saturated heterocycles. The van der Waals surface area contributed by atoms with Crippen molar-refractivity contribution in [2.45, 2.75) is 0 Å². The second-order valence-corrected chi connectivity index (χ2v) is 5.23. The van der Waals surface area contributed by atoms with Gasteiger partial charge in [0.2, 0.25) is 0 Å². The minimum atomic E-state index is -0.226. The highest BCUT2D eigenvalue weighted by molar-refractivity contribution is 6.07. The summed E-state index contributed by atoms with van der Waals surface area (Å²) in [7, 11) is 3.31. The smallest absolute Gasteiger partial charge is 0.258 e. The molecule has 0 atom stereocenters. The molecule has 2 aromatic rings. The van der Waals surface area contributed by atoms with Gasteiger partial charge in [0.05, 0.1) is 6.61 Å². The lowest BCUT2D eigenvalue weighted by Gasteiger charge is -2.19. The van der Waals surface area contributed by atoms with E-state index in [-0.39, 0.29) is 25.0 Å². The molecule has 0 heterocycles. The summed E-state index contributed by atoms with van der Waals surface area (Å²) in [6.45, 7) is 0.151. The Bertz CT molecular complexity index is 686. The lowest BCUT2D eigenvalue weighted by molar-refractivity contribution is 0.0767. The molecule has 0 radical (unpaired) electrons. The van der Waals surface area contributed by atoms with Gasteiger partial charge < -0.3 is 14.9 Å². The molecule has 0 aliphatic rings. The van der Waals surface area contributed by atoms with Gasteiger partial charge in [-0.15, -0.1) is 0 Å². The molecule has 5 nitrogen and oxygen atoms in total. The number of likely N-dealkylation sites (N-methyl/N-ethyl adjacent to an activating group) is 1. The van der Waals surface area contributed by atoms with E-state index in [0.717, 1.165) is 5.69 Å². The molecule has 0 fully saturated rings. The number of hydrogen-bond acceptors (Lipinski definition) is 3. The van der Waals surface area contributed by atoms with Crippen molar-refractivity contribution in [1.82, 2.24) is 4.90 Å². The van der Waals surface area contributed by atoms with Crippen molar-refractivity contribution in [2.75, 3.05) is 32.1 Å². The molecule has 120 valence electrons. The molecule has 1 N–H and O–H groups in total. The van der Waals surface area contributed by atoms with Gasteiger partial charge in [0.15, 0.2) is 0 Å². The van der Waals surface area contributed by atoms with E-state index in [2.05, 4.69) is 0 Å². The Kier molecular flexibility index (Phi) is 5.49. The summed E-state index contributed by atoms with van der Waals surface area (Å²) >= 11 is 0. The van der Waals surface area contributed by atoms with Crippen LogP contribution in [0.1, 0.15) is 20.7 Å². The molecule has 5 heteroatoms. The van der Waals surface area contributed by atoms with Crippen LogP contribution in [0.3, 0.4) is 0 Å². The fourth-order valence-electron chi connectivity index (χ4n) is 2.22. The summed E-state index contributed by atoms with van der Waals surface area (Å²) in [4.78, 5) is 27.8. The fraction of sp³-hybridized carbons (Fsp3) is 0.222. The SMILES string of the molecule is CN(CCO)C(=O)c1cccc(C(=O)N(C)c2ccccc2)c1. The van der Waals surface area contributed by atoms with E-state index in [0.29, 0.717) is 11.1 Å². The van der Waals surface area contributed by atoms with Crippen LogP contribution in [0.4, 0.5) is 5.69 Å². The van der Waals surface area contributed by atoms with Gasteiger partial charge in [-0.3, -0.25) is 9.59 Å². The van der Waals surface area contributed by atoms with Crippen molar-refractivity contribution < 1.29 is 14.7 Å². The largest absolute Gasteiger partial charge is 0.395 e. The highest BCUT2D eigenvalue weighted by Crippen LogP contribution is 2.16. The van der Waals surface area contributed by atoms with Crippen molar-refractivity contribution >= 4 is 17.5 Å². The molecule has 2 rings (SSSR count). The lowest BCUT2D eigenvalue weighted by Crippen LogP contribution is -2.30. The van der Waals surface area contributed by atoms with E-state index in [1.165, 1.54) is 4.90 Å². The second-order valence-electron chi connectivity index (χ2n) is 5.23. The maximum atomic E-state index is 12.6. The van der Waals surface area contributed by atoms with E-state index in [1.807, 2.05) is 30.3 Å². The normalized spacial score (nSPS) is 10.2. The van der Waals surface area contributed by atoms with Crippen molar-refractivity contribution in [1.29, 1.82) is 0 Å². The van der Waals surface area contributed by atoms with E-state index in [9.17, 15) is 9.59 Å². The summed E-state index contributed by atoms with van der Waals surface area (Å²) in [5, 5.41) is 8.92. The molecule has 0 aliphatic carbocycles. The van der Waals surface area contributed by atoms with Gasteiger partial charge in [0.25, 0.3) is 11.8 Å². The van der Waals surface area contributed by atoms with Crippen LogP contribution >= 0.6 is 0 Å². The Morgan fingerprint density at radius 2 is 1.52 bits per heavy atom. The van der Waals surface area contributed by atoms with Crippen LogP contribution in [0.15, 0.2) is 54.6 Å². The third-order valence-electron chi connectivity index (χ3n) is 3.59. The number of nitrogens with zero attached hydrogens (tertiary/aromatic N) is 2. The molecule has 0 aromatic heterocycles. The van der Waals surface area contributed by atoms with Crippen LogP contribution in [-0.2, 0) is 0 Å². The molecule has 2 aromatic carbocycles. The van der Waals surface area contributed by atoms with Crippen molar-refractivity contribution in [3.05, 3.63) is 65.7 Å². The molecule has 0 bridgehead atoms. The maximum Gasteiger partial charge on any atom is 0.258 e. The number of aliphatic hydroxyl groups is 1. The zero-order valence-electron chi connectivity index (χ0n) is 13.3.